The largest absolute Gasteiger partial charge is 0.294 e. The molecule has 3 aromatic rings. The number of fused-ring (bicyclic) bond motifs is 1. The number of carbonyl (C=O) groups excluding carboxylic acids is 1. The third-order valence-electron chi connectivity index (χ3n) is 3.05. The molecule has 4 heteroatoms. The first kappa shape index (κ1) is 11.9. The third-order valence-corrected chi connectivity index (χ3v) is 3.37. The van der Waals surface area contributed by atoms with Gasteiger partial charge in [-0.15, -0.1) is 0 Å². The lowest BCUT2D eigenvalue weighted by Gasteiger charge is -2.06. The van der Waals surface area contributed by atoms with Crippen molar-refractivity contribution in [3.63, 3.8) is 0 Å². The van der Waals surface area contributed by atoms with Gasteiger partial charge < -0.3 is 0 Å². The van der Waals surface area contributed by atoms with E-state index in [2.05, 4.69) is 5.10 Å². The van der Waals surface area contributed by atoms with Crippen LogP contribution in [0.1, 0.15) is 17.3 Å². The zero-order valence-corrected chi connectivity index (χ0v) is 11.1. The number of Topliss-reactive ketones (excluding diaryl/α,β-unsaturated/α-hetero) is 1. The van der Waals surface area contributed by atoms with E-state index in [1.54, 1.807) is 12.1 Å². The molecule has 1 heterocycles. The summed E-state index contributed by atoms with van der Waals surface area (Å²) in [6, 6.07) is 13.3. The Morgan fingerprint density at radius 3 is 2.74 bits per heavy atom. The van der Waals surface area contributed by atoms with Crippen molar-refractivity contribution in [2.45, 2.75) is 6.92 Å². The van der Waals surface area contributed by atoms with Crippen molar-refractivity contribution in [1.82, 2.24) is 9.78 Å². The zero-order valence-electron chi connectivity index (χ0n) is 10.3. The molecule has 0 radical (unpaired) electrons. The highest BCUT2D eigenvalue weighted by Gasteiger charge is 2.09. The van der Waals surface area contributed by atoms with Crippen LogP contribution in [-0.4, -0.2) is 15.6 Å². The molecule has 19 heavy (non-hydrogen) atoms. The summed E-state index contributed by atoms with van der Waals surface area (Å²) in [5.74, 6) is -0.0399. The van der Waals surface area contributed by atoms with E-state index in [1.807, 2.05) is 41.2 Å². The summed E-state index contributed by atoms with van der Waals surface area (Å²) in [4.78, 5) is 11.4. The molecule has 94 valence electrons. The minimum atomic E-state index is -0.0399. The van der Waals surface area contributed by atoms with Crippen LogP contribution in [0.3, 0.4) is 0 Å². The summed E-state index contributed by atoms with van der Waals surface area (Å²) in [6.07, 6.45) is 1.81. The van der Waals surface area contributed by atoms with Gasteiger partial charge in [0.25, 0.3) is 0 Å². The van der Waals surface area contributed by atoms with E-state index in [0.717, 1.165) is 16.6 Å². The van der Waals surface area contributed by atoms with Gasteiger partial charge in [0.1, 0.15) is 0 Å². The minimum absolute atomic E-state index is 0.0399. The first-order valence-electron chi connectivity index (χ1n) is 5.90. The van der Waals surface area contributed by atoms with Gasteiger partial charge in [-0.3, -0.25) is 4.79 Å². The summed E-state index contributed by atoms with van der Waals surface area (Å²) >= 11 is 6.13. The highest BCUT2D eigenvalue weighted by atomic mass is 35.5. The summed E-state index contributed by atoms with van der Waals surface area (Å²) in [7, 11) is 0. The number of carbonyl (C=O) groups is 1. The summed E-state index contributed by atoms with van der Waals surface area (Å²) in [5.41, 5.74) is 2.38. The summed E-state index contributed by atoms with van der Waals surface area (Å²) in [6.45, 7) is 1.50. The van der Waals surface area contributed by atoms with Crippen molar-refractivity contribution in [3.05, 3.63) is 59.2 Å². The maximum atomic E-state index is 11.4. The molecule has 0 bridgehead atoms. The number of nitrogens with zero attached hydrogens (tertiary/aromatic N) is 2. The van der Waals surface area contributed by atoms with Gasteiger partial charge in [0.05, 0.1) is 22.4 Å². The Balaban J connectivity index is 2.17. The maximum Gasteiger partial charge on any atom is 0.161 e. The van der Waals surface area contributed by atoms with Crippen molar-refractivity contribution in [1.29, 1.82) is 0 Å². The van der Waals surface area contributed by atoms with Gasteiger partial charge in [0, 0.05) is 10.9 Å². The molecular formula is C15H11ClN2O. The SMILES string of the molecule is CC(=O)c1ccc(-n2ncc3ccccc32)cc1Cl. The Bertz CT molecular complexity index is 777. The quantitative estimate of drug-likeness (QED) is 0.662. The first-order valence-corrected chi connectivity index (χ1v) is 6.28. The fourth-order valence-electron chi connectivity index (χ4n) is 2.10. The number of aromatic nitrogens is 2. The molecule has 2 aromatic carbocycles. The number of rotatable bonds is 2. The van der Waals surface area contributed by atoms with Crippen LogP contribution in [0, 0.1) is 0 Å². The van der Waals surface area contributed by atoms with Crippen LogP contribution in [-0.2, 0) is 0 Å². The van der Waals surface area contributed by atoms with Gasteiger partial charge in [-0.05, 0) is 31.2 Å². The number of benzene rings is 2. The topological polar surface area (TPSA) is 34.9 Å². The lowest BCUT2D eigenvalue weighted by molar-refractivity contribution is 0.101. The second kappa shape index (κ2) is 4.52. The fraction of sp³-hybridized carbons (Fsp3) is 0.0667. The number of halogens is 1. The smallest absolute Gasteiger partial charge is 0.161 e. The van der Waals surface area contributed by atoms with Gasteiger partial charge in [0.15, 0.2) is 5.78 Å². The van der Waals surface area contributed by atoms with Crippen LogP contribution in [0.25, 0.3) is 16.6 Å². The van der Waals surface area contributed by atoms with Crippen LogP contribution >= 0.6 is 11.6 Å². The number of para-hydroxylation sites is 1. The van der Waals surface area contributed by atoms with Crippen molar-refractivity contribution in [2.24, 2.45) is 0 Å². The average Bonchev–Trinajstić information content (AvgIpc) is 2.82. The van der Waals surface area contributed by atoms with Crippen molar-refractivity contribution < 1.29 is 4.79 Å². The Kier molecular flexibility index (Phi) is 2.84. The lowest BCUT2D eigenvalue weighted by atomic mass is 10.1. The monoisotopic (exact) mass is 270 g/mol. The van der Waals surface area contributed by atoms with E-state index in [1.165, 1.54) is 6.92 Å². The van der Waals surface area contributed by atoms with Crippen LogP contribution in [0.2, 0.25) is 5.02 Å². The average molecular weight is 271 g/mol. The van der Waals surface area contributed by atoms with Crippen molar-refractivity contribution in [2.75, 3.05) is 0 Å². The Morgan fingerprint density at radius 2 is 2.00 bits per heavy atom. The molecule has 0 fully saturated rings. The van der Waals surface area contributed by atoms with E-state index < -0.39 is 0 Å². The van der Waals surface area contributed by atoms with E-state index in [-0.39, 0.29) is 5.78 Å². The Labute approximate surface area is 115 Å². The second-order valence-electron chi connectivity index (χ2n) is 4.34. The maximum absolute atomic E-state index is 11.4. The van der Waals surface area contributed by atoms with E-state index >= 15 is 0 Å². The molecule has 0 aliphatic rings. The third kappa shape index (κ3) is 2.02. The van der Waals surface area contributed by atoms with Crippen LogP contribution in [0.15, 0.2) is 48.7 Å². The summed E-state index contributed by atoms with van der Waals surface area (Å²) in [5, 5.41) is 5.87. The molecule has 0 saturated carbocycles. The van der Waals surface area contributed by atoms with Gasteiger partial charge in [-0.2, -0.15) is 5.10 Å². The van der Waals surface area contributed by atoms with Crippen molar-refractivity contribution in [3.8, 4) is 5.69 Å². The molecule has 0 aliphatic carbocycles. The van der Waals surface area contributed by atoms with Crippen molar-refractivity contribution >= 4 is 28.3 Å². The van der Waals surface area contributed by atoms with E-state index in [4.69, 9.17) is 11.6 Å². The van der Waals surface area contributed by atoms with Crippen LogP contribution < -0.4 is 0 Å². The van der Waals surface area contributed by atoms with Gasteiger partial charge in [0.2, 0.25) is 0 Å². The molecule has 0 spiro atoms. The molecule has 0 atom stereocenters. The Morgan fingerprint density at radius 1 is 1.21 bits per heavy atom. The second-order valence-corrected chi connectivity index (χ2v) is 4.74. The number of hydrogen-bond acceptors (Lipinski definition) is 2. The first-order chi connectivity index (χ1) is 9.16. The highest BCUT2D eigenvalue weighted by molar-refractivity contribution is 6.34. The number of hydrogen-bond donors (Lipinski definition) is 0. The lowest BCUT2D eigenvalue weighted by Crippen LogP contribution is -1.99. The molecule has 1 aromatic heterocycles. The predicted molar refractivity (Wildman–Crippen MR) is 76.1 cm³/mol. The van der Waals surface area contributed by atoms with Gasteiger partial charge in [-0.1, -0.05) is 29.8 Å². The van der Waals surface area contributed by atoms with E-state index in [9.17, 15) is 4.79 Å². The minimum Gasteiger partial charge on any atom is -0.294 e. The molecule has 0 saturated heterocycles. The fourth-order valence-corrected chi connectivity index (χ4v) is 2.41. The molecule has 0 N–H and O–H groups in total. The van der Waals surface area contributed by atoms with Crippen LogP contribution in [0.4, 0.5) is 0 Å². The standard InChI is InChI=1S/C15H11ClN2O/c1-10(19)13-7-6-12(8-14(13)16)18-15-5-3-2-4-11(15)9-17-18/h2-9H,1H3. The van der Waals surface area contributed by atoms with E-state index in [0.29, 0.717) is 10.6 Å². The summed E-state index contributed by atoms with van der Waals surface area (Å²) < 4.78 is 1.81. The molecule has 3 nitrogen and oxygen atoms in total. The van der Waals surface area contributed by atoms with Crippen LogP contribution in [0.5, 0.6) is 0 Å². The number of ketones is 1. The highest BCUT2D eigenvalue weighted by Crippen LogP contribution is 2.23. The molecule has 0 amide bonds. The molecule has 0 aliphatic heterocycles. The molecule has 0 unspecified atom stereocenters. The zero-order chi connectivity index (χ0) is 13.4. The molecule has 3 rings (SSSR count). The van der Waals surface area contributed by atoms with Gasteiger partial charge >= 0.3 is 0 Å². The Hall–Kier alpha value is -2.13. The van der Waals surface area contributed by atoms with Gasteiger partial charge in [-0.25, -0.2) is 4.68 Å². The molecular weight excluding hydrogens is 260 g/mol. The normalized spacial score (nSPS) is 10.8. The predicted octanol–water partition coefficient (Wildman–Crippen LogP) is 3.88.